The SMILES string of the molecule is CCN(CC)Cc1cc(C(=O)N2CCOC3(CNCCOC3)C2)c(C)o1. The second-order valence-electron chi connectivity index (χ2n) is 7.13. The van der Waals surface area contributed by atoms with Crippen LogP contribution in [-0.4, -0.2) is 80.4 Å². The molecule has 3 heterocycles. The molecule has 146 valence electrons. The summed E-state index contributed by atoms with van der Waals surface area (Å²) in [6, 6.07) is 1.90. The van der Waals surface area contributed by atoms with Gasteiger partial charge in [-0.25, -0.2) is 0 Å². The number of nitrogens with one attached hydrogen (secondary N) is 1. The number of carbonyl (C=O) groups is 1. The average Bonchev–Trinajstić information content (AvgIpc) is 2.87. The lowest BCUT2D eigenvalue weighted by Gasteiger charge is -2.41. The van der Waals surface area contributed by atoms with Gasteiger partial charge in [-0.05, 0) is 26.1 Å². The van der Waals surface area contributed by atoms with E-state index >= 15 is 0 Å². The van der Waals surface area contributed by atoms with E-state index < -0.39 is 5.60 Å². The lowest BCUT2D eigenvalue weighted by atomic mass is 10.0. The molecule has 0 bridgehead atoms. The minimum atomic E-state index is -0.452. The van der Waals surface area contributed by atoms with Gasteiger partial charge >= 0.3 is 0 Å². The number of nitrogens with zero attached hydrogens (tertiary/aromatic N) is 2. The van der Waals surface area contributed by atoms with Crippen LogP contribution in [0.5, 0.6) is 0 Å². The predicted octanol–water partition coefficient (Wildman–Crippen LogP) is 1.26. The van der Waals surface area contributed by atoms with E-state index in [0.717, 1.165) is 31.9 Å². The van der Waals surface area contributed by atoms with Gasteiger partial charge in [0.1, 0.15) is 17.1 Å². The molecule has 1 amide bonds. The summed E-state index contributed by atoms with van der Waals surface area (Å²) in [4.78, 5) is 17.2. The highest BCUT2D eigenvalue weighted by Crippen LogP contribution is 2.24. The summed E-state index contributed by atoms with van der Waals surface area (Å²) in [7, 11) is 0. The van der Waals surface area contributed by atoms with Crippen molar-refractivity contribution in [2.75, 3.05) is 59.1 Å². The lowest BCUT2D eigenvalue weighted by molar-refractivity contribution is -0.125. The summed E-state index contributed by atoms with van der Waals surface area (Å²) in [6.45, 7) is 13.1. The molecule has 1 atom stereocenters. The topological polar surface area (TPSA) is 67.2 Å². The number of amides is 1. The van der Waals surface area contributed by atoms with Gasteiger partial charge in [0.05, 0.1) is 38.5 Å². The summed E-state index contributed by atoms with van der Waals surface area (Å²) in [5.41, 5.74) is 0.207. The number of hydrogen-bond acceptors (Lipinski definition) is 6. The first-order chi connectivity index (χ1) is 12.6. The molecule has 0 radical (unpaired) electrons. The standard InChI is InChI=1S/C19H31N3O4/c1-4-21(5-2)11-16-10-17(15(3)26-16)18(23)22-7-9-25-19(13-22)12-20-6-8-24-14-19/h10,20H,4-9,11-14H2,1-3H3. The highest BCUT2D eigenvalue weighted by Gasteiger charge is 2.40. The minimum absolute atomic E-state index is 0.0176. The van der Waals surface area contributed by atoms with Crippen LogP contribution >= 0.6 is 0 Å². The normalized spacial score (nSPS) is 24.2. The summed E-state index contributed by atoms with van der Waals surface area (Å²) < 4.78 is 17.5. The predicted molar refractivity (Wildman–Crippen MR) is 98.3 cm³/mol. The van der Waals surface area contributed by atoms with Gasteiger partial charge in [0, 0.05) is 19.6 Å². The second kappa shape index (κ2) is 8.52. The Hall–Kier alpha value is -1.41. The third kappa shape index (κ3) is 4.28. The van der Waals surface area contributed by atoms with E-state index in [1.807, 2.05) is 17.9 Å². The van der Waals surface area contributed by atoms with Crippen molar-refractivity contribution >= 4 is 5.91 Å². The molecule has 26 heavy (non-hydrogen) atoms. The Morgan fingerprint density at radius 1 is 1.35 bits per heavy atom. The number of carbonyl (C=O) groups excluding carboxylic acids is 1. The zero-order valence-corrected chi connectivity index (χ0v) is 16.2. The van der Waals surface area contributed by atoms with Gasteiger partial charge in [-0.3, -0.25) is 9.69 Å². The van der Waals surface area contributed by atoms with Crippen LogP contribution < -0.4 is 5.32 Å². The highest BCUT2D eigenvalue weighted by atomic mass is 16.5. The average molecular weight is 365 g/mol. The number of furan rings is 1. The van der Waals surface area contributed by atoms with E-state index in [9.17, 15) is 4.79 Å². The lowest BCUT2D eigenvalue weighted by Crippen LogP contribution is -2.59. The Morgan fingerprint density at radius 3 is 2.92 bits per heavy atom. The number of hydrogen-bond donors (Lipinski definition) is 1. The maximum atomic E-state index is 13.1. The number of aryl methyl sites for hydroxylation is 1. The monoisotopic (exact) mass is 365 g/mol. The van der Waals surface area contributed by atoms with Crippen LogP contribution in [0.25, 0.3) is 0 Å². The Morgan fingerprint density at radius 2 is 2.15 bits per heavy atom. The molecule has 1 aromatic rings. The van der Waals surface area contributed by atoms with Crippen molar-refractivity contribution in [1.82, 2.24) is 15.1 Å². The van der Waals surface area contributed by atoms with E-state index in [1.54, 1.807) is 0 Å². The van der Waals surface area contributed by atoms with Gasteiger partial charge in [0.15, 0.2) is 0 Å². The van der Waals surface area contributed by atoms with Gasteiger partial charge in [0.25, 0.3) is 5.91 Å². The molecule has 1 aromatic heterocycles. The van der Waals surface area contributed by atoms with E-state index in [0.29, 0.717) is 50.8 Å². The molecule has 1 spiro atoms. The Bertz CT molecular complexity index is 604. The number of morpholine rings is 1. The fraction of sp³-hybridized carbons (Fsp3) is 0.737. The molecule has 0 aromatic carbocycles. The maximum Gasteiger partial charge on any atom is 0.257 e. The molecule has 2 saturated heterocycles. The van der Waals surface area contributed by atoms with Gasteiger partial charge in [-0.1, -0.05) is 13.8 Å². The van der Waals surface area contributed by atoms with Crippen LogP contribution in [0.4, 0.5) is 0 Å². The Balaban J connectivity index is 1.71. The molecular formula is C19H31N3O4. The van der Waals surface area contributed by atoms with Crippen molar-refractivity contribution in [3.63, 3.8) is 0 Å². The molecular weight excluding hydrogens is 334 g/mol. The largest absolute Gasteiger partial charge is 0.464 e. The molecule has 0 aliphatic carbocycles. The van der Waals surface area contributed by atoms with E-state index in [1.165, 1.54) is 0 Å². The quantitative estimate of drug-likeness (QED) is 0.847. The third-order valence-electron chi connectivity index (χ3n) is 5.24. The van der Waals surface area contributed by atoms with Crippen LogP contribution in [0.15, 0.2) is 10.5 Å². The number of ether oxygens (including phenoxy) is 2. The smallest absolute Gasteiger partial charge is 0.257 e. The fourth-order valence-electron chi connectivity index (χ4n) is 3.65. The maximum absolute atomic E-state index is 13.1. The molecule has 7 heteroatoms. The van der Waals surface area contributed by atoms with Crippen molar-refractivity contribution in [2.24, 2.45) is 0 Å². The molecule has 7 nitrogen and oxygen atoms in total. The molecule has 3 rings (SSSR count). The third-order valence-corrected chi connectivity index (χ3v) is 5.24. The van der Waals surface area contributed by atoms with Crippen molar-refractivity contribution < 1.29 is 18.7 Å². The zero-order chi connectivity index (χ0) is 18.6. The second-order valence-corrected chi connectivity index (χ2v) is 7.13. The van der Waals surface area contributed by atoms with Crippen molar-refractivity contribution in [2.45, 2.75) is 32.9 Å². The minimum Gasteiger partial charge on any atom is -0.464 e. The van der Waals surface area contributed by atoms with E-state index in [4.69, 9.17) is 13.9 Å². The van der Waals surface area contributed by atoms with Crippen molar-refractivity contribution in [3.05, 3.63) is 23.2 Å². The number of rotatable bonds is 5. The molecule has 2 fully saturated rings. The van der Waals surface area contributed by atoms with Crippen molar-refractivity contribution in [3.8, 4) is 0 Å². The van der Waals surface area contributed by atoms with Crippen LogP contribution in [0, 0.1) is 6.92 Å². The Kier molecular flexibility index (Phi) is 6.34. The van der Waals surface area contributed by atoms with Gasteiger partial charge in [-0.15, -0.1) is 0 Å². The fourth-order valence-corrected chi connectivity index (χ4v) is 3.65. The first kappa shape index (κ1) is 19.4. The van der Waals surface area contributed by atoms with Crippen LogP contribution in [0.3, 0.4) is 0 Å². The van der Waals surface area contributed by atoms with E-state index in [2.05, 4.69) is 24.1 Å². The summed E-state index contributed by atoms with van der Waals surface area (Å²) >= 11 is 0. The van der Waals surface area contributed by atoms with Gasteiger partial charge < -0.3 is 24.1 Å². The molecule has 2 aliphatic rings. The van der Waals surface area contributed by atoms with Crippen LogP contribution in [0.1, 0.15) is 35.7 Å². The van der Waals surface area contributed by atoms with Gasteiger partial charge in [-0.2, -0.15) is 0 Å². The van der Waals surface area contributed by atoms with Crippen LogP contribution in [-0.2, 0) is 16.0 Å². The summed E-state index contributed by atoms with van der Waals surface area (Å²) in [5.74, 6) is 1.55. The molecule has 1 unspecified atom stereocenters. The molecule has 2 aliphatic heterocycles. The molecule has 1 N–H and O–H groups in total. The van der Waals surface area contributed by atoms with Crippen molar-refractivity contribution in [1.29, 1.82) is 0 Å². The zero-order valence-electron chi connectivity index (χ0n) is 16.2. The first-order valence-corrected chi connectivity index (χ1v) is 9.60. The Labute approximate surface area is 155 Å². The summed E-state index contributed by atoms with van der Waals surface area (Å²) in [5, 5.41) is 3.34. The molecule has 0 saturated carbocycles. The van der Waals surface area contributed by atoms with Crippen LogP contribution in [0.2, 0.25) is 0 Å². The highest BCUT2D eigenvalue weighted by molar-refractivity contribution is 5.95. The first-order valence-electron chi connectivity index (χ1n) is 9.60. The van der Waals surface area contributed by atoms with E-state index in [-0.39, 0.29) is 5.91 Å². The summed E-state index contributed by atoms with van der Waals surface area (Å²) in [6.07, 6.45) is 0. The van der Waals surface area contributed by atoms with Gasteiger partial charge in [0.2, 0.25) is 0 Å².